The second-order valence-corrected chi connectivity index (χ2v) is 8.56. The van der Waals surface area contributed by atoms with Crippen LogP contribution in [0.1, 0.15) is 12.8 Å². The summed E-state index contributed by atoms with van der Waals surface area (Å²) in [6, 6.07) is 17.4. The number of ether oxygens (including phenoxy) is 1. The number of carbonyl (C=O) groups is 1. The zero-order valence-electron chi connectivity index (χ0n) is 14.9. The van der Waals surface area contributed by atoms with E-state index in [1.165, 1.54) is 4.31 Å². The molecule has 1 N–H and O–H groups in total. The molecule has 1 saturated heterocycles. The number of hydrogen-bond acceptors (Lipinski definition) is 4. The van der Waals surface area contributed by atoms with E-state index in [9.17, 15) is 18.3 Å². The lowest BCUT2D eigenvalue weighted by atomic mass is 9.85. The van der Waals surface area contributed by atoms with Crippen molar-refractivity contribution < 1.29 is 23.1 Å². The van der Waals surface area contributed by atoms with Crippen molar-refractivity contribution in [2.75, 3.05) is 19.7 Å². The Morgan fingerprint density at radius 2 is 1.59 bits per heavy atom. The molecule has 0 spiro atoms. The summed E-state index contributed by atoms with van der Waals surface area (Å²) >= 11 is 0. The quantitative estimate of drug-likeness (QED) is 0.787. The van der Waals surface area contributed by atoms with Gasteiger partial charge in [0, 0.05) is 13.1 Å². The minimum atomic E-state index is -3.53. The van der Waals surface area contributed by atoms with E-state index in [1.54, 1.807) is 42.5 Å². The van der Waals surface area contributed by atoms with E-state index in [1.807, 2.05) is 18.2 Å². The van der Waals surface area contributed by atoms with Gasteiger partial charge in [-0.15, -0.1) is 0 Å². The highest BCUT2D eigenvalue weighted by atomic mass is 32.2. The largest absolute Gasteiger partial charge is 0.493 e. The molecule has 6 nitrogen and oxygen atoms in total. The maximum absolute atomic E-state index is 12.7. The van der Waals surface area contributed by atoms with Crippen molar-refractivity contribution >= 4 is 16.0 Å². The summed E-state index contributed by atoms with van der Waals surface area (Å²) in [6.45, 7) is 0.712. The number of rotatable bonds is 7. The van der Waals surface area contributed by atoms with Crippen molar-refractivity contribution in [3.63, 3.8) is 0 Å². The Morgan fingerprint density at radius 1 is 1.04 bits per heavy atom. The van der Waals surface area contributed by atoms with E-state index in [0.29, 0.717) is 31.7 Å². The monoisotopic (exact) mass is 389 g/mol. The van der Waals surface area contributed by atoms with Crippen molar-refractivity contribution in [1.29, 1.82) is 0 Å². The second-order valence-electron chi connectivity index (χ2n) is 6.62. The number of aliphatic carboxylic acids is 1. The average molecular weight is 389 g/mol. The van der Waals surface area contributed by atoms with Gasteiger partial charge in [-0.05, 0) is 43.0 Å². The Labute approximate surface area is 159 Å². The Kier molecular flexibility index (Phi) is 6.13. The molecule has 1 aliphatic heterocycles. The number of benzene rings is 2. The van der Waals surface area contributed by atoms with Crippen LogP contribution in [-0.2, 0) is 14.8 Å². The first-order valence-electron chi connectivity index (χ1n) is 8.94. The van der Waals surface area contributed by atoms with Gasteiger partial charge in [-0.2, -0.15) is 4.31 Å². The highest BCUT2D eigenvalue weighted by Gasteiger charge is 2.35. The molecule has 0 saturated carbocycles. The van der Waals surface area contributed by atoms with Gasteiger partial charge in [0.1, 0.15) is 12.4 Å². The molecule has 2 aromatic rings. The molecule has 7 heteroatoms. The zero-order chi connectivity index (χ0) is 19.3. The summed E-state index contributed by atoms with van der Waals surface area (Å²) in [7, 11) is -3.53. The molecule has 27 heavy (non-hydrogen) atoms. The lowest BCUT2D eigenvalue weighted by molar-refractivity contribution is -0.145. The molecule has 0 aliphatic carbocycles. The van der Waals surface area contributed by atoms with Crippen LogP contribution >= 0.6 is 0 Å². The van der Waals surface area contributed by atoms with Gasteiger partial charge in [0.2, 0.25) is 10.0 Å². The zero-order valence-corrected chi connectivity index (χ0v) is 15.7. The molecule has 1 fully saturated rings. The molecule has 0 amide bonds. The summed E-state index contributed by atoms with van der Waals surface area (Å²) in [5, 5.41) is 9.60. The number of sulfonamides is 1. The fraction of sp³-hybridized carbons (Fsp3) is 0.350. The number of piperidine rings is 1. The van der Waals surface area contributed by atoms with E-state index in [4.69, 9.17) is 4.74 Å². The van der Waals surface area contributed by atoms with Crippen LogP contribution in [0.25, 0.3) is 0 Å². The van der Waals surface area contributed by atoms with Crippen molar-refractivity contribution in [1.82, 2.24) is 4.31 Å². The topological polar surface area (TPSA) is 83.9 Å². The van der Waals surface area contributed by atoms with Gasteiger partial charge in [0.15, 0.2) is 0 Å². The molecule has 1 atom stereocenters. The van der Waals surface area contributed by atoms with Gasteiger partial charge in [-0.1, -0.05) is 36.4 Å². The molecule has 3 rings (SSSR count). The normalized spacial score (nSPS) is 17.3. The molecular weight excluding hydrogens is 366 g/mol. The third-order valence-corrected chi connectivity index (χ3v) is 6.85. The summed E-state index contributed by atoms with van der Waals surface area (Å²) in [5.74, 6) is -1.05. The van der Waals surface area contributed by atoms with Crippen molar-refractivity contribution in [3.8, 4) is 5.75 Å². The van der Waals surface area contributed by atoms with Gasteiger partial charge >= 0.3 is 5.97 Å². The highest BCUT2D eigenvalue weighted by Crippen LogP contribution is 2.29. The van der Waals surface area contributed by atoms with E-state index >= 15 is 0 Å². The first-order chi connectivity index (χ1) is 13.0. The van der Waals surface area contributed by atoms with E-state index in [2.05, 4.69) is 0 Å². The Bertz CT molecular complexity index is 846. The predicted octanol–water partition coefficient (Wildman–Crippen LogP) is 2.87. The maximum Gasteiger partial charge on any atom is 0.310 e. The number of hydrogen-bond donors (Lipinski definition) is 1. The van der Waals surface area contributed by atoms with Gasteiger partial charge in [-0.3, -0.25) is 4.79 Å². The van der Waals surface area contributed by atoms with Crippen LogP contribution in [0.4, 0.5) is 0 Å². The number of carboxylic acids is 1. The molecule has 1 aliphatic rings. The highest BCUT2D eigenvalue weighted by molar-refractivity contribution is 7.89. The van der Waals surface area contributed by atoms with E-state index in [-0.39, 0.29) is 17.4 Å². The first kappa shape index (κ1) is 19.4. The van der Waals surface area contributed by atoms with Crippen LogP contribution in [0.2, 0.25) is 0 Å². The van der Waals surface area contributed by atoms with E-state index in [0.717, 1.165) is 0 Å². The summed E-state index contributed by atoms with van der Waals surface area (Å²) in [6.07, 6.45) is 1.00. The third kappa shape index (κ3) is 4.67. The number of carboxylic acid groups (broad SMARTS) is 1. The van der Waals surface area contributed by atoms with Crippen LogP contribution in [0.5, 0.6) is 5.75 Å². The first-order valence-corrected chi connectivity index (χ1v) is 10.4. The molecule has 1 heterocycles. The molecule has 2 aromatic carbocycles. The number of nitrogens with zero attached hydrogens (tertiary/aromatic N) is 1. The SMILES string of the molecule is O=C(O)C(COc1ccccc1)C1CCN(S(=O)(=O)c2ccccc2)CC1. The van der Waals surface area contributed by atoms with Crippen molar-refractivity contribution in [3.05, 3.63) is 60.7 Å². The minimum absolute atomic E-state index is 0.0788. The van der Waals surface area contributed by atoms with Gasteiger partial charge in [0.25, 0.3) is 0 Å². The van der Waals surface area contributed by atoms with Crippen LogP contribution in [-0.4, -0.2) is 43.5 Å². The summed E-state index contributed by atoms with van der Waals surface area (Å²) in [4.78, 5) is 12.0. The molecule has 0 aromatic heterocycles. The smallest absolute Gasteiger partial charge is 0.310 e. The third-order valence-electron chi connectivity index (χ3n) is 4.94. The van der Waals surface area contributed by atoms with Crippen LogP contribution in [0.15, 0.2) is 65.6 Å². The second kappa shape index (κ2) is 8.54. The standard InChI is InChI=1S/C20H23NO5S/c22-20(23)19(15-26-17-7-3-1-4-8-17)16-11-13-21(14-12-16)27(24,25)18-9-5-2-6-10-18/h1-10,16,19H,11-15H2,(H,22,23). The van der Waals surface area contributed by atoms with Crippen LogP contribution in [0, 0.1) is 11.8 Å². The summed E-state index contributed by atoms with van der Waals surface area (Å²) < 4.78 is 32.5. The number of para-hydroxylation sites is 1. The Hall–Kier alpha value is -2.38. The van der Waals surface area contributed by atoms with Crippen LogP contribution in [0.3, 0.4) is 0 Å². The molecule has 1 unspecified atom stereocenters. The maximum atomic E-state index is 12.7. The predicted molar refractivity (Wildman–Crippen MR) is 101 cm³/mol. The van der Waals surface area contributed by atoms with Crippen molar-refractivity contribution in [2.45, 2.75) is 17.7 Å². The lowest BCUT2D eigenvalue weighted by Crippen LogP contribution is -2.42. The van der Waals surface area contributed by atoms with Gasteiger partial charge in [-0.25, -0.2) is 8.42 Å². The van der Waals surface area contributed by atoms with E-state index < -0.39 is 21.9 Å². The molecule has 0 radical (unpaired) electrons. The minimum Gasteiger partial charge on any atom is -0.493 e. The summed E-state index contributed by atoms with van der Waals surface area (Å²) in [5.41, 5.74) is 0. The Balaban J connectivity index is 1.61. The van der Waals surface area contributed by atoms with Crippen molar-refractivity contribution in [2.24, 2.45) is 11.8 Å². The Morgan fingerprint density at radius 3 is 2.15 bits per heavy atom. The average Bonchev–Trinajstić information content (AvgIpc) is 2.70. The fourth-order valence-corrected chi connectivity index (χ4v) is 4.86. The van der Waals surface area contributed by atoms with Gasteiger partial charge in [0.05, 0.1) is 10.8 Å². The molecule has 0 bridgehead atoms. The lowest BCUT2D eigenvalue weighted by Gasteiger charge is -2.33. The fourth-order valence-electron chi connectivity index (χ4n) is 3.37. The van der Waals surface area contributed by atoms with Crippen LogP contribution < -0.4 is 4.74 Å². The molecular formula is C20H23NO5S. The molecule has 144 valence electrons. The van der Waals surface area contributed by atoms with Gasteiger partial charge < -0.3 is 9.84 Å².